The van der Waals surface area contributed by atoms with Crippen molar-refractivity contribution in [3.05, 3.63) is 22.7 Å². The molecule has 0 unspecified atom stereocenters. The van der Waals surface area contributed by atoms with Crippen molar-refractivity contribution in [3.8, 4) is 11.5 Å². The van der Waals surface area contributed by atoms with E-state index in [1.54, 1.807) is 7.11 Å². The molecule has 1 aromatic carbocycles. The highest BCUT2D eigenvalue weighted by atomic mass is 35.5. The maximum absolute atomic E-state index is 12.1. The van der Waals surface area contributed by atoms with Crippen molar-refractivity contribution >= 4 is 34.8 Å². The first-order valence-corrected chi connectivity index (χ1v) is 7.48. The Morgan fingerprint density at radius 3 is 2.52 bits per heavy atom. The van der Waals surface area contributed by atoms with E-state index in [4.69, 9.17) is 38.0 Å². The Morgan fingerprint density at radius 2 is 1.96 bits per heavy atom. The molecule has 0 heterocycles. The summed E-state index contributed by atoms with van der Waals surface area (Å²) in [6, 6.07) is 3.00. The smallest absolute Gasteiger partial charge is 0.269 e. The Morgan fingerprint density at radius 1 is 1.26 bits per heavy atom. The van der Waals surface area contributed by atoms with Gasteiger partial charge >= 0.3 is 0 Å². The highest BCUT2D eigenvalue weighted by Crippen LogP contribution is 2.35. The van der Waals surface area contributed by atoms with Gasteiger partial charge in [-0.1, -0.05) is 11.6 Å². The molecule has 0 aliphatic heterocycles. The van der Waals surface area contributed by atoms with Crippen LogP contribution in [0.15, 0.2) is 12.1 Å². The van der Waals surface area contributed by atoms with Gasteiger partial charge in [0, 0.05) is 18.7 Å². The number of methoxy groups -OCH3 is 3. The standard InChI is InChI=1S/C14H20ClN3O4S/c1-8(7-20-2)16-14(23)18-17-13(19)9-5-10(15)12(22-4)11(6-9)21-3/h5-6,8H,7H2,1-4H3,(H,17,19)(H2,16,18,23)/t8-/m1/s1. The molecule has 0 aromatic heterocycles. The van der Waals surface area contributed by atoms with E-state index in [1.807, 2.05) is 6.92 Å². The minimum Gasteiger partial charge on any atom is -0.493 e. The number of ether oxygens (including phenoxy) is 3. The van der Waals surface area contributed by atoms with Crippen LogP contribution in [0.5, 0.6) is 11.5 Å². The number of carbonyl (C=O) groups excluding carboxylic acids is 1. The number of amides is 1. The highest BCUT2D eigenvalue weighted by molar-refractivity contribution is 7.80. The van der Waals surface area contributed by atoms with Gasteiger partial charge in [0.15, 0.2) is 16.6 Å². The molecule has 0 aliphatic rings. The van der Waals surface area contributed by atoms with Crippen molar-refractivity contribution in [2.24, 2.45) is 0 Å². The van der Waals surface area contributed by atoms with E-state index in [0.717, 1.165) is 0 Å². The average molecular weight is 362 g/mol. The summed E-state index contributed by atoms with van der Waals surface area (Å²) < 4.78 is 15.3. The molecule has 23 heavy (non-hydrogen) atoms. The van der Waals surface area contributed by atoms with Crippen molar-refractivity contribution < 1.29 is 19.0 Å². The van der Waals surface area contributed by atoms with E-state index in [1.165, 1.54) is 26.4 Å². The summed E-state index contributed by atoms with van der Waals surface area (Å²) in [7, 11) is 4.53. The van der Waals surface area contributed by atoms with E-state index in [9.17, 15) is 4.79 Å². The van der Waals surface area contributed by atoms with E-state index in [0.29, 0.717) is 23.7 Å². The number of thiocarbonyl (C=S) groups is 1. The Labute approximate surface area is 145 Å². The minimum absolute atomic E-state index is 0.00688. The second-order valence-corrected chi connectivity index (χ2v) is 5.42. The lowest BCUT2D eigenvalue weighted by Crippen LogP contribution is -2.49. The molecule has 0 aliphatic carbocycles. The Bertz CT molecular complexity index is 571. The number of halogens is 1. The molecule has 128 valence electrons. The van der Waals surface area contributed by atoms with Crippen molar-refractivity contribution in [2.45, 2.75) is 13.0 Å². The molecular formula is C14H20ClN3O4S. The maximum atomic E-state index is 12.1. The van der Waals surface area contributed by atoms with Crippen LogP contribution in [0, 0.1) is 0 Å². The van der Waals surface area contributed by atoms with Crippen molar-refractivity contribution in [1.82, 2.24) is 16.2 Å². The van der Waals surface area contributed by atoms with Crippen LogP contribution in [0.1, 0.15) is 17.3 Å². The molecule has 0 saturated heterocycles. The fourth-order valence-electron chi connectivity index (χ4n) is 1.79. The zero-order chi connectivity index (χ0) is 17.4. The number of rotatable bonds is 6. The molecule has 9 heteroatoms. The second-order valence-electron chi connectivity index (χ2n) is 4.60. The van der Waals surface area contributed by atoms with Crippen LogP contribution in [0.25, 0.3) is 0 Å². The largest absolute Gasteiger partial charge is 0.493 e. The molecule has 0 saturated carbocycles. The van der Waals surface area contributed by atoms with Gasteiger partial charge in [0.25, 0.3) is 5.91 Å². The molecule has 3 N–H and O–H groups in total. The fraction of sp³-hybridized carbons (Fsp3) is 0.429. The van der Waals surface area contributed by atoms with Crippen LogP contribution < -0.4 is 25.6 Å². The summed E-state index contributed by atoms with van der Waals surface area (Å²) in [6.45, 7) is 2.38. The average Bonchev–Trinajstić information content (AvgIpc) is 2.51. The molecule has 0 radical (unpaired) electrons. The van der Waals surface area contributed by atoms with Gasteiger partial charge in [-0.05, 0) is 31.3 Å². The van der Waals surface area contributed by atoms with Gasteiger partial charge in [-0.3, -0.25) is 15.6 Å². The third kappa shape index (κ3) is 5.74. The third-order valence-electron chi connectivity index (χ3n) is 2.78. The molecule has 1 atom stereocenters. The molecule has 0 bridgehead atoms. The van der Waals surface area contributed by atoms with Crippen LogP contribution in [0.3, 0.4) is 0 Å². The van der Waals surface area contributed by atoms with E-state index in [2.05, 4.69) is 16.2 Å². The summed E-state index contributed by atoms with van der Waals surface area (Å²) in [4.78, 5) is 12.1. The molecule has 1 aromatic rings. The predicted molar refractivity (Wildman–Crippen MR) is 92.2 cm³/mol. The minimum atomic E-state index is -0.420. The second kappa shape index (κ2) is 9.39. The number of nitrogens with one attached hydrogen (secondary N) is 3. The van der Waals surface area contributed by atoms with Gasteiger partial charge < -0.3 is 19.5 Å². The molecule has 0 fully saturated rings. The summed E-state index contributed by atoms with van der Waals surface area (Å²) in [6.07, 6.45) is 0. The SMILES string of the molecule is COC[C@@H](C)NC(=S)NNC(=O)c1cc(Cl)c(OC)c(OC)c1. The lowest BCUT2D eigenvalue weighted by molar-refractivity contribution is 0.0943. The molecule has 1 amide bonds. The first-order chi connectivity index (χ1) is 10.9. The topological polar surface area (TPSA) is 80.9 Å². The van der Waals surface area contributed by atoms with Gasteiger partial charge in [-0.2, -0.15) is 0 Å². The first kappa shape index (κ1) is 19.3. The number of benzene rings is 1. The number of hydrogen-bond acceptors (Lipinski definition) is 5. The normalized spacial score (nSPS) is 11.3. The van der Waals surface area contributed by atoms with Gasteiger partial charge in [-0.15, -0.1) is 0 Å². The summed E-state index contributed by atoms with van der Waals surface area (Å²) >= 11 is 11.1. The lowest BCUT2D eigenvalue weighted by Gasteiger charge is -2.17. The monoisotopic (exact) mass is 361 g/mol. The highest BCUT2D eigenvalue weighted by Gasteiger charge is 2.15. The van der Waals surface area contributed by atoms with Gasteiger partial charge in [0.1, 0.15) is 0 Å². The number of hydrogen-bond donors (Lipinski definition) is 3. The Kier molecular flexibility index (Phi) is 7.87. The Hall–Kier alpha value is -1.77. The zero-order valence-electron chi connectivity index (χ0n) is 13.4. The lowest BCUT2D eigenvalue weighted by atomic mass is 10.2. The summed E-state index contributed by atoms with van der Waals surface area (Å²) in [5.41, 5.74) is 5.38. The predicted octanol–water partition coefficient (Wildman–Crippen LogP) is 1.50. The van der Waals surface area contributed by atoms with Crippen molar-refractivity contribution in [3.63, 3.8) is 0 Å². The molecule has 0 spiro atoms. The molecular weight excluding hydrogens is 342 g/mol. The maximum Gasteiger partial charge on any atom is 0.269 e. The zero-order valence-corrected chi connectivity index (χ0v) is 14.9. The summed E-state index contributed by atoms with van der Waals surface area (Å²) in [5, 5.41) is 3.49. The fourth-order valence-corrected chi connectivity index (χ4v) is 2.33. The number of carbonyl (C=O) groups is 1. The van der Waals surface area contributed by atoms with Crippen LogP contribution in [-0.4, -0.2) is 45.0 Å². The van der Waals surface area contributed by atoms with E-state index in [-0.39, 0.29) is 16.2 Å². The van der Waals surface area contributed by atoms with Gasteiger partial charge in [0.2, 0.25) is 0 Å². The molecule has 7 nitrogen and oxygen atoms in total. The van der Waals surface area contributed by atoms with Crippen molar-refractivity contribution in [1.29, 1.82) is 0 Å². The van der Waals surface area contributed by atoms with E-state index < -0.39 is 5.91 Å². The quantitative estimate of drug-likeness (QED) is 0.523. The third-order valence-corrected chi connectivity index (χ3v) is 3.28. The molecule has 1 rings (SSSR count). The Balaban J connectivity index is 2.68. The van der Waals surface area contributed by atoms with Crippen LogP contribution in [0.4, 0.5) is 0 Å². The van der Waals surface area contributed by atoms with Gasteiger partial charge in [-0.25, -0.2) is 0 Å². The van der Waals surface area contributed by atoms with E-state index >= 15 is 0 Å². The number of hydrazine groups is 1. The first-order valence-electron chi connectivity index (χ1n) is 6.70. The van der Waals surface area contributed by atoms with Crippen LogP contribution in [0.2, 0.25) is 5.02 Å². The van der Waals surface area contributed by atoms with Crippen LogP contribution in [-0.2, 0) is 4.74 Å². The van der Waals surface area contributed by atoms with Crippen LogP contribution >= 0.6 is 23.8 Å². The summed E-state index contributed by atoms with van der Waals surface area (Å²) in [5.74, 6) is 0.306. The van der Waals surface area contributed by atoms with Crippen molar-refractivity contribution in [2.75, 3.05) is 27.9 Å². The van der Waals surface area contributed by atoms with Gasteiger partial charge in [0.05, 0.1) is 25.8 Å².